The van der Waals surface area contributed by atoms with Gasteiger partial charge in [0.15, 0.2) is 11.9 Å². The highest BCUT2D eigenvalue weighted by Crippen LogP contribution is 1.99. The Balaban J connectivity index is 2.21. The van der Waals surface area contributed by atoms with E-state index in [0.717, 1.165) is 19.4 Å². The molecule has 0 bridgehead atoms. The molecule has 0 radical (unpaired) electrons. The lowest BCUT2D eigenvalue weighted by Gasteiger charge is -1.99. The zero-order valence-corrected chi connectivity index (χ0v) is 8.95. The molecule has 0 amide bonds. The molecule has 2 nitrogen and oxygen atoms in total. The summed E-state index contributed by atoms with van der Waals surface area (Å²) in [5.74, 6) is 0. The second kappa shape index (κ2) is 6.55. The van der Waals surface area contributed by atoms with Crippen LogP contribution in [0.4, 0.5) is 0 Å². The predicted molar refractivity (Wildman–Crippen MR) is 56.9 cm³/mol. The molecule has 0 unspecified atom stereocenters. The second-order valence-corrected chi connectivity index (χ2v) is 3.67. The van der Waals surface area contributed by atoms with Gasteiger partial charge in [0.05, 0.1) is 0 Å². The monoisotopic (exact) mass is 194 g/mol. The van der Waals surface area contributed by atoms with Gasteiger partial charge in [-0.1, -0.05) is 12.5 Å². The summed E-state index contributed by atoms with van der Waals surface area (Å²) in [4.78, 5) is 0. The maximum absolute atomic E-state index is 8.62. The van der Waals surface area contributed by atoms with Crippen LogP contribution in [0.2, 0.25) is 0 Å². The molecule has 0 aliphatic rings. The normalized spacial score (nSPS) is 10.4. The third kappa shape index (κ3) is 3.88. The van der Waals surface area contributed by atoms with E-state index in [2.05, 4.69) is 35.9 Å². The number of hydrogen-bond donors (Lipinski definition) is 1. The van der Waals surface area contributed by atoms with Crippen molar-refractivity contribution in [3.8, 4) is 0 Å². The lowest BCUT2D eigenvalue weighted by molar-refractivity contribution is -0.703. The van der Waals surface area contributed by atoms with E-state index in [0.29, 0.717) is 6.61 Å². The number of pyridine rings is 1. The van der Waals surface area contributed by atoms with E-state index >= 15 is 0 Å². The Morgan fingerprint density at radius 2 is 1.93 bits per heavy atom. The summed E-state index contributed by atoms with van der Waals surface area (Å²) in [7, 11) is 0. The van der Waals surface area contributed by atoms with E-state index in [-0.39, 0.29) is 0 Å². The fourth-order valence-electron chi connectivity index (χ4n) is 1.56. The summed E-state index contributed by atoms with van der Waals surface area (Å²) in [5, 5.41) is 8.62. The molecule has 2 heteroatoms. The third-order valence-electron chi connectivity index (χ3n) is 2.47. The van der Waals surface area contributed by atoms with Crippen LogP contribution in [-0.4, -0.2) is 11.7 Å². The number of aromatic nitrogens is 1. The minimum atomic E-state index is 0.331. The van der Waals surface area contributed by atoms with Gasteiger partial charge in [-0.05, 0) is 12.8 Å². The van der Waals surface area contributed by atoms with Gasteiger partial charge in [0, 0.05) is 32.1 Å². The molecule has 0 aromatic carbocycles. The Kier molecular flexibility index (Phi) is 5.23. The van der Waals surface area contributed by atoms with Gasteiger partial charge in [-0.2, -0.15) is 0 Å². The topological polar surface area (TPSA) is 24.1 Å². The molecule has 1 N–H and O–H groups in total. The number of unbranched alkanes of at least 4 members (excludes halogenated alkanes) is 3. The number of hydrogen-bond acceptors (Lipinski definition) is 1. The molecule has 0 spiro atoms. The number of rotatable bonds is 6. The predicted octanol–water partition coefficient (Wildman–Crippen LogP) is 1.84. The number of aryl methyl sites for hydroxylation is 2. The number of aliphatic hydroxyl groups is 1. The van der Waals surface area contributed by atoms with Gasteiger partial charge in [-0.3, -0.25) is 0 Å². The van der Waals surface area contributed by atoms with Crippen molar-refractivity contribution in [1.29, 1.82) is 0 Å². The van der Waals surface area contributed by atoms with E-state index in [1.54, 1.807) is 0 Å². The van der Waals surface area contributed by atoms with Gasteiger partial charge in [0.25, 0.3) is 0 Å². The molecule has 0 saturated carbocycles. The Bertz CT molecular complexity index is 260. The zero-order valence-electron chi connectivity index (χ0n) is 8.95. The van der Waals surface area contributed by atoms with Crippen LogP contribution in [0.15, 0.2) is 24.4 Å². The molecule has 0 saturated heterocycles. The number of aliphatic hydroxyl groups excluding tert-OH is 1. The molecular weight excluding hydrogens is 174 g/mol. The van der Waals surface area contributed by atoms with E-state index in [4.69, 9.17) is 5.11 Å². The average molecular weight is 194 g/mol. The quantitative estimate of drug-likeness (QED) is 0.542. The fourth-order valence-corrected chi connectivity index (χ4v) is 1.56. The summed E-state index contributed by atoms with van der Waals surface area (Å²) in [5.41, 5.74) is 1.31. The molecule has 1 aromatic rings. The van der Waals surface area contributed by atoms with Crippen LogP contribution < -0.4 is 4.57 Å². The van der Waals surface area contributed by atoms with Gasteiger partial charge in [0.2, 0.25) is 0 Å². The molecule has 0 aliphatic heterocycles. The molecule has 1 aromatic heterocycles. The van der Waals surface area contributed by atoms with Gasteiger partial charge in [-0.15, -0.1) is 0 Å². The fraction of sp³-hybridized carbons (Fsp3) is 0.583. The van der Waals surface area contributed by atoms with Crippen LogP contribution in [0, 0.1) is 6.92 Å². The standard InChI is InChI=1S/C12H20NO/c1-12-8-4-6-10-13(12)9-5-2-3-7-11-14/h4,6,8,10,14H,2-3,5,7,9,11H2,1H3/q+1. The molecule has 1 heterocycles. The lowest BCUT2D eigenvalue weighted by atomic mass is 10.2. The van der Waals surface area contributed by atoms with Crippen LogP contribution in [0.1, 0.15) is 31.4 Å². The first-order valence-corrected chi connectivity index (χ1v) is 5.40. The van der Waals surface area contributed by atoms with E-state index in [9.17, 15) is 0 Å². The Morgan fingerprint density at radius 1 is 1.14 bits per heavy atom. The smallest absolute Gasteiger partial charge is 0.178 e. The van der Waals surface area contributed by atoms with Crippen molar-refractivity contribution < 1.29 is 9.67 Å². The SMILES string of the molecule is Cc1cccc[n+]1CCCCCCO. The van der Waals surface area contributed by atoms with Gasteiger partial charge in [-0.25, -0.2) is 4.57 Å². The third-order valence-corrected chi connectivity index (χ3v) is 2.47. The lowest BCUT2D eigenvalue weighted by Crippen LogP contribution is -2.36. The van der Waals surface area contributed by atoms with Crippen molar-refractivity contribution in [1.82, 2.24) is 0 Å². The average Bonchev–Trinajstić information content (AvgIpc) is 2.20. The largest absolute Gasteiger partial charge is 0.396 e. The first-order chi connectivity index (χ1) is 6.84. The minimum absolute atomic E-state index is 0.331. The molecule has 14 heavy (non-hydrogen) atoms. The maximum atomic E-state index is 8.62. The summed E-state index contributed by atoms with van der Waals surface area (Å²) in [6, 6.07) is 6.27. The van der Waals surface area contributed by atoms with Crippen LogP contribution in [0.5, 0.6) is 0 Å². The van der Waals surface area contributed by atoms with Crippen molar-refractivity contribution in [2.24, 2.45) is 0 Å². The van der Waals surface area contributed by atoms with Gasteiger partial charge >= 0.3 is 0 Å². The summed E-state index contributed by atoms with van der Waals surface area (Å²) in [6.07, 6.45) is 6.63. The second-order valence-electron chi connectivity index (χ2n) is 3.67. The van der Waals surface area contributed by atoms with Crippen molar-refractivity contribution in [2.75, 3.05) is 6.61 Å². The maximum Gasteiger partial charge on any atom is 0.178 e. The Labute approximate surface area is 86.2 Å². The van der Waals surface area contributed by atoms with Crippen LogP contribution in [0.3, 0.4) is 0 Å². The molecule has 0 atom stereocenters. The minimum Gasteiger partial charge on any atom is -0.396 e. The Morgan fingerprint density at radius 3 is 2.64 bits per heavy atom. The van der Waals surface area contributed by atoms with Crippen molar-refractivity contribution in [3.63, 3.8) is 0 Å². The van der Waals surface area contributed by atoms with Crippen molar-refractivity contribution >= 4 is 0 Å². The highest BCUT2D eigenvalue weighted by molar-refractivity contribution is 4.93. The van der Waals surface area contributed by atoms with Crippen molar-refractivity contribution in [3.05, 3.63) is 30.1 Å². The van der Waals surface area contributed by atoms with Crippen LogP contribution >= 0.6 is 0 Å². The summed E-state index contributed by atoms with van der Waals surface area (Å²) < 4.78 is 2.28. The highest BCUT2D eigenvalue weighted by atomic mass is 16.2. The van der Waals surface area contributed by atoms with E-state index in [1.807, 2.05) is 0 Å². The Hall–Kier alpha value is -0.890. The number of nitrogens with zero attached hydrogens (tertiary/aromatic N) is 1. The molecule has 0 aliphatic carbocycles. The van der Waals surface area contributed by atoms with Crippen LogP contribution in [-0.2, 0) is 6.54 Å². The van der Waals surface area contributed by atoms with Crippen LogP contribution in [0.25, 0.3) is 0 Å². The van der Waals surface area contributed by atoms with Gasteiger partial charge in [0.1, 0.15) is 6.54 Å². The van der Waals surface area contributed by atoms with Gasteiger partial charge < -0.3 is 5.11 Å². The van der Waals surface area contributed by atoms with E-state index in [1.165, 1.54) is 18.5 Å². The first-order valence-electron chi connectivity index (χ1n) is 5.40. The zero-order chi connectivity index (χ0) is 10.2. The summed E-state index contributed by atoms with van der Waals surface area (Å²) >= 11 is 0. The van der Waals surface area contributed by atoms with E-state index < -0.39 is 0 Å². The summed E-state index contributed by atoms with van der Waals surface area (Å²) in [6.45, 7) is 3.56. The molecular formula is C12H20NO+. The molecule has 1 rings (SSSR count). The first kappa shape index (κ1) is 11.2. The van der Waals surface area contributed by atoms with Crippen molar-refractivity contribution in [2.45, 2.75) is 39.2 Å². The molecule has 78 valence electrons. The molecule has 0 fully saturated rings. The highest BCUT2D eigenvalue weighted by Gasteiger charge is 2.02.